The molecule has 3 heterocycles. The van der Waals surface area contributed by atoms with E-state index in [4.69, 9.17) is 0 Å². The predicted molar refractivity (Wildman–Crippen MR) is 120 cm³/mol. The third-order valence-electron chi connectivity index (χ3n) is 5.94. The molecule has 0 N–H and O–H groups in total. The lowest BCUT2D eigenvalue weighted by molar-refractivity contribution is 0.0718. The van der Waals surface area contributed by atoms with E-state index in [0.29, 0.717) is 38.3 Å². The summed E-state index contributed by atoms with van der Waals surface area (Å²) in [7, 11) is 0. The van der Waals surface area contributed by atoms with Gasteiger partial charge in [-0.05, 0) is 50.6 Å². The van der Waals surface area contributed by atoms with Crippen molar-refractivity contribution in [1.82, 2.24) is 19.4 Å². The Balaban J connectivity index is 1.46. The number of benzene rings is 1. The number of carbonyl (C=O) groups is 2. The number of pyridine rings is 1. The smallest absolute Gasteiger partial charge is 0.255 e. The fraction of sp³-hybridized carbons (Fsp3) is 0.320. The molecule has 1 fully saturated rings. The van der Waals surface area contributed by atoms with Gasteiger partial charge in [0.05, 0.1) is 17.8 Å². The van der Waals surface area contributed by atoms with E-state index >= 15 is 0 Å². The molecule has 1 aromatic carbocycles. The second-order valence-electron chi connectivity index (χ2n) is 8.00. The van der Waals surface area contributed by atoms with Crippen LogP contribution in [0.15, 0.2) is 60.8 Å². The molecule has 2 amide bonds. The van der Waals surface area contributed by atoms with Crippen molar-refractivity contribution in [2.24, 2.45) is 0 Å². The molecule has 0 saturated carbocycles. The Morgan fingerprint density at radius 1 is 0.871 bits per heavy atom. The highest BCUT2D eigenvalue weighted by molar-refractivity contribution is 5.96. The Hall–Kier alpha value is -3.41. The highest BCUT2D eigenvalue weighted by atomic mass is 16.2. The highest BCUT2D eigenvalue weighted by Gasteiger charge is 2.26. The van der Waals surface area contributed by atoms with E-state index in [1.54, 1.807) is 6.20 Å². The van der Waals surface area contributed by atoms with Gasteiger partial charge in [0.15, 0.2) is 0 Å². The van der Waals surface area contributed by atoms with Crippen molar-refractivity contribution in [2.75, 3.05) is 26.2 Å². The first-order valence-electron chi connectivity index (χ1n) is 10.7. The summed E-state index contributed by atoms with van der Waals surface area (Å²) in [5, 5.41) is 0. The van der Waals surface area contributed by atoms with Gasteiger partial charge in [-0.3, -0.25) is 14.6 Å². The summed E-state index contributed by atoms with van der Waals surface area (Å²) < 4.78 is 2.14. The van der Waals surface area contributed by atoms with Crippen LogP contribution < -0.4 is 0 Å². The van der Waals surface area contributed by atoms with Gasteiger partial charge in [-0.25, -0.2) is 0 Å². The Kier molecular flexibility index (Phi) is 6.16. The molecule has 1 aliphatic rings. The van der Waals surface area contributed by atoms with Crippen LogP contribution in [0.5, 0.6) is 0 Å². The van der Waals surface area contributed by atoms with Crippen LogP contribution in [0.3, 0.4) is 0 Å². The SMILES string of the molecule is Cc1cc(C(=O)N2CCCN(C(=O)c3ccccc3)CC2)c(C)n1Cc1ccccn1. The second-order valence-corrected chi connectivity index (χ2v) is 8.00. The van der Waals surface area contributed by atoms with Crippen LogP contribution in [0.2, 0.25) is 0 Å². The van der Waals surface area contributed by atoms with Crippen LogP contribution in [0, 0.1) is 13.8 Å². The van der Waals surface area contributed by atoms with E-state index in [1.807, 2.05) is 78.2 Å². The molecule has 1 saturated heterocycles. The third-order valence-corrected chi connectivity index (χ3v) is 5.94. The van der Waals surface area contributed by atoms with Crippen molar-refractivity contribution in [2.45, 2.75) is 26.8 Å². The fourth-order valence-electron chi connectivity index (χ4n) is 4.17. The lowest BCUT2D eigenvalue weighted by Crippen LogP contribution is -2.37. The lowest BCUT2D eigenvalue weighted by atomic mass is 10.2. The summed E-state index contributed by atoms with van der Waals surface area (Å²) >= 11 is 0. The molecule has 0 radical (unpaired) electrons. The summed E-state index contributed by atoms with van der Waals surface area (Å²) in [4.78, 5) is 34.3. The topological polar surface area (TPSA) is 58.4 Å². The average Bonchev–Trinajstić information content (AvgIpc) is 2.98. The molecule has 160 valence electrons. The number of amides is 2. The zero-order valence-corrected chi connectivity index (χ0v) is 18.1. The van der Waals surface area contributed by atoms with Crippen LogP contribution in [0.25, 0.3) is 0 Å². The van der Waals surface area contributed by atoms with Crippen molar-refractivity contribution >= 4 is 11.8 Å². The molecule has 6 nitrogen and oxygen atoms in total. The van der Waals surface area contributed by atoms with Gasteiger partial charge in [-0.1, -0.05) is 24.3 Å². The van der Waals surface area contributed by atoms with Gasteiger partial charge in [0.25, 0.3) is 11.8 Å². The minimum atomic E-state index is 0.0310. The van der Waals surface area contributed by atoms with Crippen LogP contribution >= 0.6 is 0 Å². The van der Waals surface area contributed by atoms with Gasteiger partial charge in [0, 0.05) is 49.3 Å². The summed E-state index contributed by atoms with van der Waals surface area (Å²) in [6.45, 7) is 7.07. The van der Waals surface area contributed by atoms with Crippen molar-refractivity contribution in [3.63, 3.8) is 0 Å². The van der Waals surface area contributed by atoms with Crippen molar-refractivity contribution < 1.29 is 9.59 Å². The molecule has 3 aromatic rings. The quantitative estimate of drug-likeness (QED) is 0.654. The van der Waals surface area contributed by atoms with Crippen molar-refractivity contribution in [1.29, 1.82) is 0 Å². The number of nitrogens with zero attached hydrogens (tertiary/aromatic N) is 4. The molecule has 2 aromatic heterocycles. The van der Waals surface area contributed by atoms with Gasteiger partial charge in [0.2, 0.25) is 0 Å². The van der Waals surface area contributed by atoms with Gasteiger partial charge < -0.3 is 14.4 Å². The molecule has 1 aliphatic heterocycles. The average molecular weight is 417 g/mol. The molecule has 0 atom stereocenters. The van der Waals surface area contributed by atoms with Crippen LogP contribution in [0.1, 0.15) is 44.2 Å². The van der Waals surface area contributed by atoms with Crippen molar-refractivity contribution in [3.05, 3.63) is 89.0 Å². The van der Waals surface area contributed by atoms with E-state index in [9.17, 15) is 9.59 Å². The normalized spacial score (nSPS) is 14.4. The molecule has 4 rings (SSSR count). The van der Waals surface area contributed by atoms with E-state index < -0.39 is 0 Å². The maximum Gasteiger partial charge on any atom is 0.255 e. The third kappa shape index (κ3) is 4.53. The van der Waals surface area contributed by atoms with E-state index in [0.717, 1.165) is 29.1 Å². The number of aryl methyl sites for hydroxylation is 1. The zero-order chi connectivity index (χ0) is 21.8. The summed E-state index contributed by atoms with van der Waals surface area (Å²) in [6.07, 6.45) is 2.56. The van der Waals surface area contributed by atoms with Crippen LogP contribution in [-0.4, -0.2) is 57.3 Å². The monoisotopic (exact) mass is 416 g/mol. The molecular weight excluding hydrogens is 388 g/mol. The Labute approximate surface area is 183 Å². The molecule has 31 heavy (non-hydrogen) atoms. The maximum atomic E-state index is 13.3. The number of hydrogen-bond donors (Lipinski definition) is 0. The second kappa shape index (κ2) is 9.16. The van der Waals surface area contributed by atoms with E-state index in [1.165, 1.54) is 0 Å². The Bertz CT molecular complexity index is 1060. The number of rotatable bonds is 4. The number of aromatic nitrogens is 2. The largest absolute Gasteiger partial charge is 0.342 e. The van der Waals surface area contributed by atoms with E-state index in [2.05, 4.69) is 9.55 Å². The minimum absolute atomic E-state index is 0.0310. The zero-order valence-electron chi connectivity index (χ0n) is 18.1. The maximum absolute atomic E-state index is 13.3. The summed E-state index contributed by atoms with van der Waals surface area (Å²) in [6, 6.07) is 17.2. The summed E-state index contributed by atoms with van der Waals surface area (Å²) in [5.74, 6) is 0.0674. The first-order valence-corrected chi connectivity index (χ1v) is 10.7. The van der Waals surface area contributed by atoms with Gasteiger partial charge in [-0.2, -0.15) is 0 Å². The first-order chi connectivity index (χ1) is 15.0. The standard InChI is InChI=1S/C25H28N4O2/c1-19-17-23(20(2)29(19)18-22-11-6-7-12-26-22)25(31)28-14-8-13-27(15-16-28)24(30)21-9-4-3-5-10-21/h3-7,9-12,17H,8,13-16,18H2,1-2H3. The molecule has 0 unspecified atom stereocenters. The predicted octanol–water partition coefficient (Wildman–Crippen LogP) is 3.54. The Morgan fingerprint density at radius 3 is 2.23 bits per heavy atom. The van der Waals surface area contributed by atoms with Crippen LogP contribution in [-0.2, 0) is 6.54 Å². The fourth-order valence-corrected chi connectivity index (χ4v) is 4.17. The molecule has 0 bridgehead atoms. The molecule has 0 aliphatic carbocycles. The highest BCUT2D eigenvalue weighted by Crippen LogP contribution is 2.20. The van der Waals surface area contributed by atoms with Gasteiger partial charge >= 0.3 is 0 Å². The summed E-state index contributed by atoms with van der Waals surface area (Å²) in [5.41, 5.74) is 4.39. The van der Waals surface area contributed by atoms with E-state index in [-0.39, 0.29) is 11.8 Å². The molecule has 6 heteroatoms. The van der Waals surface area contributed by atoms with Crippen LogP contribution in [0.4, 0.5) is 0 Å². The van der Waals surface area contributed by atoms with Crippen molar-refractivity contribution in [3.8, 4) is 0 Å². The van der Waals surface area contributed by atoms with Gasteiger partial charge in [-0.15, -0.1) is 0 Å². The molecule has 0 spiro atoms. The Morgan fingerprint density at radius 2 is 1.55 bits per heavy atom. The minimum Gasteiger partial charge on any atom is -0.342 e. The number of hydrogen-bond acceptors (Lipinski definition) is 3. The van der Waals surface area contributed by atoms with Gasteiger partial charge in [0.1, 0.15) is 0 Å². The number of carbonyl (C=O) groups excluding carboxylic acids is 2. The lowest BCUT2D eigenvalue weighted by Gasteiger charge is -2.22. The molecular formula is C25H28N4O2. The first kappa shape index (κ1) is 20.8.